The molecular formula is C12H14N2O2S. The number of benzene rings is 1. The first-order valence-electron chi connectivity index (χ1n) is 5.53. The van der Waals surface area contributed by atoms with E-state index in [0.717, 1.165) is 6.42 Å². The predicted molar refractivity (Wildman–Crippen MR) is 64.8 cm³/mol. The quantitative estimate of drug-likeness (QED) is 0.813. The lowest BCUT2D eigenvalue weighted by Gasteiger charge is -2.14. The lowest BCUT2D eigenvalue weighted by Crippen LogP contribution is -2.30. The van der Waals surface area contributed by atoms with Crippen LogP contribution in [0.4, 0.5) is 0 Å². The summed E-state index contributed by atoms with van der Waals surface area (Å²) in [5, 5.41) is 8.49. The minimum Gasteiger partial charge on any atom is -0.211 e. The van der Waals surface area contributed by atoms with E-state index >= 15 is 0 Å². The molecule has 0 bridgehead atoms. The van der Waals surface area contributed by atoms with Crippen LogP contribution >= 0.6 is 0 Å². The van der Waals surface area contributed by atoms with Gasteiger partial charge >= 0.3 is 0 Å². The number of sulfonamides is 1. The highest BCUT2D eigenvalue weighted by molar-refractivity contribution is 7.89. The molecule has 0 saturated carbocycles. The maximum atomic E-state index is 11.7. The normalized spacial score (nSPS) is 21.2. The van der Waals surface area contributed by atoms with Gasteiger partial charge in [-0.05, 0) is 17.9 Å². The molecule has 0 aliphatic carbocycles. The van der Waals surface area contributed by atoms with Crippen molar-refractivity contribution >= 4 is 10.0 Å². The average molecular weight is 250 g/mol. The van der Waals surface area contributed by atoms with E-state index in [0.29, 0.717) is 13.1 Å². The summed E-state index contributed by atoms with van der Waals surface area (Å²) in [6, 6.07) is 11.6. The van der Waals surface area contributed by atoms with Crippen LogP contribution in [0.15, 0.2) is 30.3 Å². The van der Waals surface area contributed by atoms with E-state index in [1.165, 1.54) is 9.87 Å². The molecule has 0 spiro atoms. The van der Waals surface area contributed by atoms with Crippen LogP contribution in [0.1, 0.15) is 17.9 Å². The van der Waals surface area contributed by atoms with Crippen molar-refractivity contribution in [1.29, 1.82) is 5.26 Å². The fraction of sp³-hybridized carbons (Fsp3) is 0.417. The zero-order valence-corrected chi connectivity index (χ0v) is 10.2. The molecule has 0 N–H and O–H groups in total. The number of hydrogen-bond donors (Lipinski definition) is 0. The molecule has 1 aliphatic heterocycles. The van der Waals surface area contributed by atoms with Crippen LogP contribution in [0.3, 0.4) is 0 Å². The number of nitrogens with zero attached hydrogens (tertiary/aromatic N) is 2. The van der Waals surface area contributed by atoms with Gasteiger partial charge in [-0.15, -0.1) is 0 Å². The van der Waals surface area contributed by atoms with Gasteiger partial charge in [-0.2, -0.15) is 5.26 Å². The lowest BCUT2D eigenvalue weighted by molar-refractivity contribution is 0.476. The second-order valence-electron chi connectivity index (χ2n) is 4.17. The molecule has 90 valence electrons. The second kappa shape index (κ2) is 4.86. The third-order valence-electron chi connectivity index (χ3n) is 3.06. The van der Waals surface area contributed by atoms with Gasteiger partial charge in [-0.1, -0.05) is 30.3 Å². The molecule has 1 aromatic rings. The van der Waals surface area contributed by atoms with E-state index in [9.17, 15) is 8.42 Å². The Morgan fingerprint density at radius 1 is 1.35 bits per heavy atom. The van der Waals surface area contributed by atoms with Crippen molar-refractivity contribution in [3.8, 4) is 6.07 Å². The van der Waals surface area contributed by atoms with Gasteiger partial charge in [0.25, 0.3) is 0 Å². The molecule has 5 heteroatoms. The first-order chi connectivity index (χ1) is 8.13. The highest BCUT2D eigenvalue weighted by Crippen LogP contribution is 2.28. The molecule has 1 fully saturated rings. The highest BCUT2D eigenvalue weighted by Gasteiger charge is 2.31. The summed E-state index contributed by atoms with van der Waals surface area (Å²) in [5.41, 5.74) is 1.17. The van der Waals surface area contributed by atoms with Crippen LogP contribution in [0.25, 0.3) is 0 Å². The van der Waals surface area contributed by atoms with Gasteiger partial charge in [0.15, 0.2) is 5.75 Å². The van der Waals surface area contributed by atoms with Crippen LogP contribution in [-0.2, 0) is 10.0 Å². The summed E-state index contributed by atoms with van der Waals surface area (Å²) in [6.07, 6.45) is 0.828. The first kappa shape index (κ1) is 12.1. The summed E-state index contributed by atoms with van der Waals surface area (Å²) in [6.45, 7) is 1.01. The number of hydrogen-bond acceptors (Lipinski definition) is 3. The van der Waals surface area contributed by atoms with Crippen molar-refractivity contribution < 1.29 is 8.42 Å². The third-order valence-corrected chi connectivity index (χ3v) is 4.67. The van der Waals surface area contributed by atoms with E-state index in [2.05, 4.69) is 0 Å². The first-order valence-corrected chi connectivity index (χ1v) is 7.14. The Morgan fingerprint density at radius 3 is 2.71 bits per heavy atom. The molecule has 1 saturated heterocycles. The van der Waals surface area contributed by atoms with E-state index in [1.807, 2.05) is 30.3 Å². The van der Waals surface area contributed by atoms with Gasteiger partial charge in [0.1, 0.15) is 0 Å². The smallest absolute Gasteiger partial charge is 0.211 e. The van der Waals surface area contributed by atoms with Crippen molar-refractivity contribution in [2.24, 2.45) is 0 Å². The topological polar surface area (TPSA) is 61.2 Å². The molecule has 1 heterocycles. The third kappa shape index (κ3) is 2.65. The molecule has 1 aliphatic rings. The summed E-state index contributed by atoms with van der Waals surface area (Å²) in [4.78, 5) is 0. The maximum Gasteiger partial charge on any atom is 0.227 e. The van der Waals surface area contributed by atoms with Crippen LogP contribution < -0.4 is 0 Å². The van der Waals surface area contributed by atoms with Gasteiger partial charge in [0, 0.05) is 13.1 Å². The van der Waals surface area contributed by atoms with Crippen molar-refractivity contribution in [2.75, 3.05) is 18.8 Å². The van der Waals surface area contributed by atoms with Crippen LogP contribution in [0, 0.1) is 11.3 Å². The largest absolute Gasteiger partial charge is 0.227 e. The molecule has 0 aromatic heterocycles. The van der Waals surface area contributed by atoms with Gasteiger partial charge in [-0.3, -0.25) is 0 Å². The standard InChI is InChI=1S/C12H14N2O2S/c13-7-9-17(15,16)14-8-6-12(10-14)11-4-2-1-3-5-11/h1-5,12H,6,8-10H2. The van der Waals surface area contributed by atoms with Crippen molar-refractivity contribution in [3.05, 3.63) is 35.9 Å². The molecule has 0 amide bonds. The molecule has 4 nitrogen and oxygen atoms in total. The molecule has 17 heavy (non-hydrogen) atoms. The lowest BCUT2D eigenvalue weighted by atomic mass is 9.99. The number of rotatable bonds is 3. The molecular weight excluding hydrogens is 236 g/mol. The van der Waals surface area contributed by atoms with E-state index < -0.39 is 15.8 Å². The Hall–Kier alpha value is -1.38. The molecule has 1 aromatic carbocycles. The maximum absolute atomic E-state index is 11.7. The molecule has 1 unspecified atom stereocenters. The monoisotopic (exact) mass is 250 g/mol. The van der Waals surface area contributed by atoms with Crippen LogP contribution in [0.5, 0.6) is 0 Å². The summed E-state index contributed by atoms with van der Waals surface area (Å²) in [5.74, 6) is -0.168. The van der Waals surface area contributed by atoms with Crippen LogP contribution in [0.2, 0.25) is 0 Å². The Balaban J connectivity index is 2.09. The predicted octanol–water partition coefficient (Wildman–Crippen LogP) is 1.33. The van der Waals surface area contributed by atoms with Gasteiger partial charge in [-0.25, -0.2) is 12.7 Å². The van der Waals surface area contributed by atoms with Gasteiger partial charge in [0.2, 0.25) is 10.0 Å². The summed E-state index contributed by atoms with van der Waals surface area (Å²) < 4.78 is 24.9. The molecule has 1 atom stereocenters. The van der Waals surface area contributed by atoms with Gasteiger partial charge < -0.3 is 0 Å². The Kier molecular flexibility index (Phi) is 3.46. The van der Waals surface area contributed by atoms with Crippen molar-refractivity contribution in [1.82, 2.24) is 4.31 Å². The fourth-order valence-electron chi connectivity index (χ4n) is 2.15. The minimum absolute atomic E-state index is 0.254. The van der Waals surface area contributed by atoms with Crippen molar-refractivity contribution in [2.45, 2.75) is 12.3 Å². The zero-order valence-electron chi connectivity index (χ0n) is 9.41. The summed E-state index contributed by atoms with van der Waals surface area (Å²) >= 11 is 0. The molecule has 0 radical (unpaired) electrons. The molecule has 2 rings (SSSR count). The van der Waals surface area contributed by atoms with E-state index in [1.54, 1.807) is 6.07 Å². The average Bonchev–Trinajstić information content (AvgIpc) is 2.80. The SMILES string of the molecule is N#CCS(=O)(=O)N1CCC(c2ccccc2)C1. The van der Waals surface area contributed by atoms with E-state index in [-0.39, 0.29) is 5.92 Å². The minimum atomic E-state index is -3.38. The van der Waals surface area contributed by atoms with Crippen LogP contribution in [-0.4, -0.2) is 31.6 Å². The summed E-state index contributed by atoms with van der Waals surface area (Å²) in [7, 11) is -3.38. The Bertz CT molecular complexity index is 519. The zero-order chi connectivity index (χ0) is 12.3. The Labute approximate surface area is 102 Å². The van der Waals surface area contributed by atoms with Gasteiger partial charge in [0.05, 0.1) is 6.07 Å². The Morgan fingerprint density at radius 2 is 2.06 bits per heavy atom. The van der Waals surface area contributed by atoms with Crippen molar-refractivity contribution in [3.63, 3.8) is 0 Å². The fourth-order valence-corrected chi connectivity index (χ4v) is 3.29. The number of nitriles is 1. The highest BCUT2D eigenvalue weighted by atomic mass is 32.2. The van der Waals surface area contributed by atoms with E-state index in [4.69, 9.17) is 5.26 Å². The second-order valence-corrected chi connectivity index (χ2v) is 6.14.